The van der Waals surface area contributed by atoms with Crippen LogP contribution in [-0.4, -0.2) is 82.3 Å². The Morgan fingerprint density at radius 2 is 0.775 bits per heavy atom. The highest BCUT2D eigenvalue weighted by atomic mass is 16.7. The smallest absolute Gasteiger partial charge is 0.306 e. The lowest BCUT2D eigenvalue weighted by Gasteiger charge is -2.26. The van der Waals surface area contributed by atoms with Crippen LogP contribution < -0.4 is 5.11 Å². The quantitative estimate of drug-likeness (QED) is 0.0195. The Hall–Kier alpha value is -5.09. The molecule has 0 saturated carbocycles. The zero-order valence-electron chi connectivity index (χ0n) is 44.8. The second kappa shape index (κ2) is 51.3. The van der Waals surface area contributed by atoms with Crippen molar-refractivity contribution in [1.82, 2.24) is 0 Å². The molecular weight excluding hydrogens is 887 g/mol. The van der Waals surface area contributed by atoms with Gasteiger partial charge in [-0.1, -0.05) is 185 Å². The minimum absolute atomic E-state index is 0.122. The van der Waals surface area contributed by atoms with Crippen molar-refractivity contribution in [3.8, 4) is 0 Å². The highest BCUT2D eigenvalue weighted by Gasteiger charge is 2.21. The summed E-state index contributed by atoms with van der Waals surface area (Å²) in [5.74, 6) is -2.43. The molecule has 0 aliphatic carbocycles. The summed E-state index contributed by atoms with van der Waals surface area (Å²) < 4.78 is 22.5. The molecule has 0 saturated heterocycles. The number of carbonyl (C=O) groups is 3. The van der Waals surface area contributed by atoms with E-state index in [0.29, 0.717) is 30.3 Å². The predicted molar refractivity (Wildman–Crippen MR) is 296 cm³/mol. The maximum absolute atomic E-state index is 12.8. The van der Waals surface area contributed by atoms with Gasteiger partial charge in [0.05, 0.1) is 40.3 Å². The molecule has 0 bridgehead atoms. The van der Waals surface area contributed by atoms with Crippen molar-refractivity contribution in [2.45, 2.75) is 167 Å². The van der Waals surface area contributed by atoms with Gasteiger partial charge in [0.15, 0.2) is 12.4 Å². The van der Waals surface area contributed by atoms with E-state index in [1.54, 1.807) is 0 Å². The van der Waals surface area contributed by atoms with Gasteiger partial charge in [-0.25, -0.2) is 0 Å². The maximum atomic E-state index is 12.8. The Balaban J connectivity index is 4.50. The van der Waals surface area contributed by atoms with Gasteiger partial charge < -0.3 is 33.3 Å². The van der Waals surface area contributed by atoms with Crippen molar-refractivity contribution in [3.63, 3.8) is 0 Å². The minimum atomic E-state index is -1.65. The number of ether oxygens (including phenoxy) is 4. The monoisotopic (exact) mass is 982 g/mol. The summed E-state index contributed by atoms with van der Waals surface area (Å²) in [5.41, 5.74) is 0. The first-order valence-electron chi connectivity index (χ1n) is 26.6. The maximum Gasteiger partial charge on any atom is 0.306 e. The van der Waals surface area contributed by atoms with Crippen LogP contribution in [0.3, 0.4) is 0 Å². The summed E-state index contributed by atoms with van der Waals surface area (Å²) >= 11 is 0. The molecule has 71 heavy (non-hydrogen) atoms. The van der Waals surface area contributed by atoms with Crippen molar-refractivity contribution in [3.05, 3.63) is 158 Å². The first kappa shape index (κ1) is 65.9. The average molecular weight is 982 g/mol. The number of likely N-dealkylation sites (N-methyl/N-ethyl adjacent to an activating group) is 1. The summed E-state index contributed by atoms with van der Waals surface area (Å²) in [6.45, 7) is 4.38. The molecule has 0 aliphatic heterocycles. The number of hydrogen-bond acceptors (Lipinski definition) is 8. The van der Waals surface area contributed by atoms with Gasteiger partial charge >= 0.3 is 11.9 Å². The number of carboxylic acid groups (broad SMARTS) is 1. The van der Waals surface area contributed by atoms with Crippen molar-refractivity contribution in [1.29, 1.82) is 0 Å². The van der Waals surface area contributed by atoms with Gasteiger partial charge in [0, 0.05) is 12.8 Å². The number of carbonyl (C=O) groups excluding carboxylic acids is 3. The van der Waals surface area contributed by atoms with E-state index in [-0.39, 0.29) is 32.7 Å². The fourth-order valence-corrected chi connectivity index (χ4v) is 6.23. The van der Waals surface area contributed by atoms with Crippen LogP contribution in [0.4, 0.5) is 0 Å². The lowest BCUT2D eigenvalue weighted by molar-refractivity contribution is -0.870. The van der Waals surface area contributed by atoms with E-state index in [2.05, 4.69) is 166 Å². The number of hydrogen-bond donors (Lipinski definition) is 0. The van der Waals surface area contributed by atoms with Crippen LogP contribution >= 0.6 is 0 Å². The molecule has 396 valence electrons. The molecule has 0 rings (SSSR count). The largest absolute Gasteiger partial charge is 0.545 e. The number of carboxylic acids is 1. The van der Waals surface area contributed by atoms with Crippen molar-refractivity contribution in [2.24, 2.45) is 0 Å². The zero-order chi connectivity index (χ0) is 52.0. The van der Waals surface area contributed by atoms with Gasteiger partial charge in [-0.05, 0) is 116 Å². The van der Waals surface area contributed by atoms with Crippen LogP contribution in [0.5, 0.6) is 0 Å². The van der Waals surface area contributed by atoms with Crippen LogP contribution in [0.25, 0.3) is 0 Å². The molecule has 9 nitrogen and oxygen atoms in total. The highest BCUT2D eigenvalue weighted by molar-refractivity contribution is 5.70. The molecule has 0 fully saturated rings. The van der Waals surface area contributed by atoms with Crippen molar-refractivity contribution in [2.75, 3.05) is 47.5 Å². The standard InChI is InChI=1S/C62H95NO8/c1-6-8-10-12-14-16-18-20-22-24-25-26-27-28-29-30-31-32-33-34-35-37-39-41-43-45-47-49-51-53-60(65)71-58(57-70-62(61(66)67)68-55-54-63(3,4)5)56-69-59(64)52-50-48-46-44-42-40-38-36-23-21-19-17-15-13-11-9-7-2/h8-11,14-17,20-23,25-26,28-29,31-32,34-35,38-41,45,47,58,62H,6-7,12-13,18-19,24,27,30,33,36-37,42-44,46,48-57H2,1-5H3/b10-8-,11-9-,16-14-,17-15-,22-20-,23-21-,26-25-,29-28-,32-31-,35-34-,40-38-,41-39-,47-45-. The van der Waals surface area contributed by atoms with Crippen LogP contribution in [-0.2, 0) is 33.3 Å². The molecule has 2 atom stereocenters. The molecule has 2 unspecified atom stereocenters. The second-order valence-corrected chi connectivity index (χ2v) is 18.0. The highest BCUT2D eigenvalue weighted by Crippen LogP contribution is 2.10. The minimum Gasteiger partial charge on any atom is -0.545 e. The summed E-state index contributed by atoms with van der Waals surface area (Å²) in [6.07, 6.45) is 72.9. The van der Waals surface area contributed by atoms with E-state index in [1.807, 2.05) is 27.2 Å². The molecule has 0 aromatic heterocycles. The van der Waals surface area contributed by atoms with E-state index in [4.69, 9.17) is 18.9 Å². The first-order valence-corrected chi connectivity index (χ1v) is 26.6. The summed E-state index contributed by atoms with van der Waals surface area (Å²) in [6, 6.07) is 0. The van der Waals surface area contributed by atoms with Crippen LogP contribution in [0, 0.1) is 0 Å². The predicted octanol–water partition coefficient (Wildman–Crippen LogP) is 14.1. The molecule has 0 aromatic rings. The number of quaternary nitrogens is 1. The van der Waals surface area contributed by atoms with E-state index in [9.17, 15) is 19.5 Å². The fraction of sp³-hybridized carbons (Fsp3) is 0.532. The van der Waals surface area contributed by atoms with Gasteiger partial charge in [-0.2, -0.15) is 0 Å². The molecule has 0 spiro atoms. The molecule has 0 heterocycles. The third kappa shape index (κ3) is 52.6. The molecular formula is C62H95NO8. The molecule has 0 N–H and O–H groups in total. The van der Waals surface area contributed by atoms with Gasteiger partial charge in [0.2, 0.25) is 0 Å². The topological polar surface area (TPSA) is 111 Å². The van der Waals surface area contributed by atoms with E-state index in [0.717, 1.165) is 109 Å². The Morgan fingerprint density at radius 3 is 1.15 bits per heavy atom. The lowest BCUT2D eigenvalue weighted by atomic mass is 10.1. The van der Waals surface area contributed by atoms with Crippen molar-refractivity contribution < 1.29 is 42.9 Å². The van der Waals surface area contributed by atoms with Crippen molar-refractivity contribution >= 4 is 17.9 Å². The molecule has 0 radical (unpaired) electrons. The van der Waals surface area contributed by atoms with E-state index < -0.39 is 30.3 Å². The molecule has 0 aromatic carbocycles. The average Bonchev–Trinajstić information content (AvgIpc) is 3.34. The number of allylic oxidation sites excluding steroid dienone is 26. The lowest BCUT2D eigenvalue weighted by Crippen LogP contribution is -2.44. The zero-order valence-corrected chi connectivity index (χ0v) is 44.8. The number of nitrogens with zero attached hydrogens (tertiary/aromatic N) is 1. The van der Waals surface area contributed by atoms with Gasteiger partial charge in [0.25, 0.3) is 0 Å². The Bertz CT molecular complexity index is 1710. The number of rotatable bonds is 46. The normalized spacial score (nSPS) is 14.1. The number of aliphatic carboxylic acids is 1. The van der Waals surface area contributed by atoms with Crippen LogP contribution in [0.1, 0.15) is 155 Å². The molecule has 9 heteroatoms. The van der Waals surface area contributed by atoms with Crippen LogP contribution in [0.2, 0.25) is 0 Å². The van der Waals surface area contributed by atoms with Crippen LogP contribution in [0.15, 0.2) is 158 Å². The van der Waals surface area contributed by atoms with E-state index in [1.165, 1.54) is 0 Å². The molecule has 0 aliphatic rings. The Kier molecular flexibility index (Phi) is 47.6. The first-order chi connectivity index (χ1) is 34.6. The Morgan fingerprint density at radius 1 is 0.423 bits per heavy atom. The SMILES string of the molecule is CC/C=C\C/C=C\C/C=C\C/C=C\C/C=C\C/C=C\C/C=C\C/C=C\C/C=C\CCCC(=O)OC(COC(=O)CCCCCC/C=C\C/C=C\C/C=C\C/C=C\CC)COC(OCC[N+](C)(C)C)C(=O)[O-]. The number of unbranched alkanes of at least 4 members (excludes halogenated alkanes) is 5. The summed E-state index contributed by atoms with van der Waals surface area (Å²) in [7, 11) is 5.87. The summed E-state index contributed by atoms with van der Waals surface area (Å²) in [5, 5.41) is 11.7. The van der Waals surface area contributed by atoms with Gasteiger partial charge in [-0.3, -0.25) is 9.59 Å². The third-order valence-electron chi connectivity index (χ3n) is 10.3. The Labute approximate surface area is 432 Å². The molecule has 0 amide bonds. The third-order valence-corrected chi connectivity index (χ3v) is 10.3. The van der Waals surface area contributed by atoms with E-state index >= 15 is 0 Å². The summed E-state index contributed by atoms with van der Waals surface area (Å²) in [4.78, 5) is 37.2. The van der Waals surface area contributed by atoms with Gasteiger partial charge in [-0.15, -0.1) is 0 Å². The fourth-order valence-electron chi connectivity index (χ4n) is 6.23. The second-order valence-electron chi connectivity index (χ2n) is 18.0. The number of esters is 2. The van der Waals surface area contributed by atoms with Gasteiger partial charge in [0.1, 0.15) is 13.2 Å².